The smallest absolute Gasteiger partial charge is 0.256 e. The standard InChI is InChI=1S/C23H21N3O3/c1-15-11-12-26-20(13-15)24-21(16-7-9-18(28-2)10-8-16)22(26)25-23(27)17-5-4-6-19(14-17)29-3/h4-14H,1-3H3,(H,25,27). The molecule has 0 fully saturated rings. The molecule has 1 amide bonds. The highest BCUT2D eigenvalue weighted by Gasteiger charge is 2.18. The number of carbonyl (C=O) groups excluding carboxylic acids is 1. The molecule has 29 heavy (non-hydrogen) atoms. The van der Waals surface area contributed by atoms with Crippen molar-refractivity contribution < 1.29 is 14.3 Å². The van der Waals surface area contributed by atoms with E-state index in [1.807, 2.05) is 53.9 Å². The van der Waals surface area contributed by atoms with Crippen molar-refractivity contribution in [1.29, 1.82) is 0 Å². The Morgan fingerprint density at radius 2 is 1.72 bits per heavy atom. The lowest BCUT2D eigenvalue weighted by molar-refractivity contribution is 0.102. The number of pyridine rings is 1. The molecular weight excluding hydrogens is 366 g/mol. The van der Waals surface area contributed by atoms with Crippen LogP contribution in [0.25, 0.3) is 16.9 Å². The van der Waals surface area contributed by atoms with E-state index >= 15 is 0 Å². The van der Waals surface area contributed by atoms with Gasteiger partial charge in [-0.05, 0) is 67.1 Å². The van der Waals surface area contributed by atoms with Crippen LogP contribution < -0.4 is 14.8 Å². The number of amides is 1. The van der Waals surface area contributed by atoms with Crippen LogP contribution in [0.1, 0.15) is 15.9 Å². The lowest BCUT2D eigenvalue weighted by Gasteiger charge is -2.09. The van der Waals surface area contributed by atoms with E-state index in [2.05, 4.69) is 5.32 Å². The first-order valence-corrected chi connectivity index (χ1v) is 9.17. The van der Waals surface area contributed by atoms with Gasteiger partial charge in [-0.3, -0.25) is 9.20 Å². The second-order valence-electron chi connectivity index (χ2n) is 6.66. The third kappa shape index (κ3) is 3.65. The van der Waals surface area contributed by atoms with Gasteiger partial charge in [0.05, 0.1) is 14.2 Å². The molecule has 0 radical (unpaired) electrons. The molecule has 0 spiro atoms. The van der Waals surface area contributed by atoms with Crippen LogP contribution in [0, 0.1) is 6.92 Å². The third-order valence-electron chi connectivity index (χ3n) is 4.71. The number of methoxy groups -OCH3 is 2. The maximum absolute atomic E-state index is 12.9. The van der Waals surface area contributed by atoms with Crippen molar-refractivity contribution in [3.05, 3.63) is 78.0 Å². The van der Waals surface area contributed by atoms with Crippen LogP contribution in [0.3, 0.4) is 0 Å². The molecule has 0 saturated carbocycles. The first-order chi connectivity index (χ1) is 14.1. The van der Waals surface area contributed by atoms with E-state index in [0.29, 0.717) is 22.8 Å². The van der Waals surface area contributed by atoms with Gasteiger partial charge in [0, 0.05) is 17.3 Å². The summed E-state index contributed by atoms with van der Waals surface area (Å²) in [6, 6.07) is 18.6. The number of hydrogen-bond donors (Lipinski definition) is 1. The predicted octanol–water partition coefficient (Wildman–Crippen LogP) is 4.58. The molecule has 2 aromatic heterocycles. The number of aryl methyl sites for hydroxylation is 1. The Balaban J connectivity index is 1.79. The monoisotopic (exact) mass is 387 g/mol. The Morgan fingerprint density at radius 1 is 0.966 bits per heavy atom. The minimum Gasteiger partial charge on any atom is -0.497 e. The van der Waals surface area contributed by atoms with E-state index in [-0.39, 0.29) is 5.91 Å². The summed E-state index contributed by atoms with van der Waals surface area (Å²) in [6.07, 6.45) is 1.91. The summed E-state index contributed by atoms with van der Waals surface area (Å²) >= 11 is 0. The van der Waals surface area contributed by atoms with Crippen LogP contribution in [-0.4, -0.2) is 29.5 Å². The highest BCUT2D eigenvalue weighted by atomic mass is 16.5. The molecule has 0 atom stereocenters. The van der Waals surface area contributed by atoms with E-state index in [9.17, 15) is 4.79 Å². The van der Waals surface area contributed by atoms with Gasteiger partial charge in [0.25, 0.3) is 5.91 Å². The Kier molecular flexibility index (Phi) is 4.91. The molecule has 0 unspecified atom stereocenters. The molecule has 2 heterocycles. The average molecular weight is 387 g/mol. The zero-order valence-corrected chi connectivity index (χ0v) is 16.5. The maximum atomic E-state index is 12.9. The van der Waals surface area contributed by atoms with Gasteiger partial charge in [-0.2, -0.15) is 0 Å². The molecule has 6 heteroatoms. The molecule has 0 aliphatic rings. The Hall–Kier alpha value is -3.80. The van der Waals surface area contributed by atoms with Gasteiger partial charge in [0.15, 0.2) is 0 Å². The fourth-order valence-corrected chi connectivity index (χ4v) is 3.16. The summed E-state index contributed by atoms with van der Waals surface area (Å²) in [4.78, 5) is 17.7. The molecule has 1 N–H and O–H groups in total. The summed E-state index contributed by atoms with van der Waals surface area (Å²) < 4.78 is 12.4. The number of carbonyl (C=O) groups is 1. The normalized spacial score (nSPS) is 10.7. The van der Waals surface area contributed by atoms with Gasteiger partial charge in [-0.1, -0.05) is 6.07 Å². The molecule has 0 bridgehead atoms. The number of aromatic nitrogens is 2. The molecule has 6 nitrogen and oxygen atoms in total. The maximum Gasteiger partial charge on any atom is 0.256 e. The van der Waals surface area contributed by atoms with Crippen molar-refractivity contribution in [2.24, 2.45) is 0 Å². The largest absolute Gasteiger partial charge is 0.497 e. The number of nitrogens with zero attached hydrogens (tertiary/aromatic N) is 2. The van der Waals surface area contributed by atoms with Gasteiger partial charge in [-0.25, -0.2) is 4.98 Å². The molecule has 0 aliphatic heterocycles. The van der Waals surface area contributed by atoms with Crippen molar-refractivity contribution >= 4 is 17.4 Å². The van der Waals surface area contributed by atoms with Gasteiger partial charge < -0.3 is 14.8 Å². The van der Waals surface area contributed by atoms with Crippen LogP contribution in [0.15, 0.2) is 66.9 Å². The van der Waals surface area contributed by atoms with Crippen molar-refractivity contribution in [3.8, 4) is 22.8 Å². The van der Waals surface area contributed by atoms with Crippen molar-refractivity contribution in [1.82, 2.24) is 9.38 Å². The van der Waals surface area contributed by atoms with E-state index in [4.69, 9.17) is 14.5 Å². The summed E-state index contributed by atoms with van der Waals surface area (Å²) in [5, 5.41) is 3.02. The fraction of sp³-hybridized carbons (Fsp3) is 0.130. The van der Waals surface area contributed by atoms with Gasteiger partial charge in [0.2, 0.25) is 0 Å². The number of fused-ring (bicyclic) bond motifs is 1. The third-order valence-corrected chi connectivity index (χ3v) is 4.71. The minimum absolute atomic E-state index is 0.235. The van der Waals surface area contributed by atoms with Gasteiger partial charge >= 0.3 is 0 Å². The number of anilines is 1. The summed E-state index contributed by atoms with van der Waals surface area (Å²) in [5.74, 6) is 1.76. The van der Waals surface area contributed by atoms with E-state index < -0.39 is 0 Å². The summed E-state index contributed by atoms with van der Waals surface area (Å²) in [6.45, 7) is 2.01. The highest BCUT2D eigenvalue weighted by Crippen LogP contribution is 2.31. The lowest BCUT2D eigenvalue weighted by atomic mass is 10.1. The average Bonchev–Trinajstić information content (AvgIpc) is 3.11. The summed E-state index contributed by atoms with van der Waals surface area (Å²) in [5.41, 5.74) is 3.93. The highest BCUT2D eigenvalue weighted by molar-refractivity contribution is 6.06. The van der Waals surface area contributed by atoms with E-state index in [0.717, 1.165) is 22.5 Å². The number of rotatable bonds is 5. The van der Waals surface area contributed by atoms with E-state index in [1.165, 1.54) is 0 Å². The zero-order chi connectivity index (χ0) is 20.4. The van der Waals surface area contributed by atoms with Crippen molar-refractivity contribution in [2.75, 3.05) is 19.5 Å². The molecule has 4 aromatic rings. The number of benzene rings is 2. The van der Waals surface area contributed by atoms with E-state index in [1.54, 1.807) is 38.5 Å². The molecule has 2 aromatic carbocycles. The van der Waals surface area contributed by atoms with Crippen LogP contribution >= 0.6 is 0 Å². The predicted molar refractivity (Wildman–Crippen MR) is 113 cm³/mol. The van der Waals surface area contributed by atoms with Crippen LogP contribution in [0.4, 0.5) is 5.82 Å². The van der Waals surface area contributed by atoms with Crippen molar-refractivity contribution in [3.63, 3.8) is 0 Å². The Labute approximate surface area is 168 Å². The molecule has 0 saturated heterocycles. The zero-order valence-electron chi connectivity index (χ0n) is 16.5. The van der Waals surface area contributed by atoms with Crippen LogP contribution in [0.5, 0.6) is 11.5 Å². The number of ether oxygens (including phenoxy) is 2. The number of imidazole rings is 1. The summed E-state index contributed by atoms with van der Waals surface area (Å²) in [7, 11) is 3.20. The van der Waals surface area contributed by atoms with Crippen LogP contribution in [0.2, 0.25) is 0 Å². The molecule has 0 aliphatic carbocycles. The first kappa shape index (κ1) is 18.6. The number of nitrogens with one attached hydrogen (secondary N) is 1. The SMILES string of the molecule is COc1ccc(-c2nc3cc(C)ccn3c2NC(=O)c2cccc(OC)c2)cc1. The topological polar surface area (TPSA) is 64.9 Å². The molecular formula is C23H21N3O3. The quantitative estimate of drug-likeness (QED) is 0.544. The van der Waals surface area contributed by atoms with Gasteiger partial charge in [0.1, 0.15) is 28.7 Å². The molecule has 4 rings (SSSR count). The van der Waals surface area contributed by atoms with Gasteiger partial charge in [-0.15, -0.1) is 0 Å². The minimum atomic E-state index is -0.235. The van der Waals surface area contributed by atoms with Crippen LogP contribution in [-0.2, 0) is 0 Å². The fourth-order valence-electron chi connectivity index (χ4n) is 3.16. The lowest BCUT2D eigenvalue weighted by Crippen LogP contribution is -2.14. The Bertz CT molecular complexity index is 1180. The Morgan fingerprint density at radius 3 is 2.45 bits per heavy atom. The molecule has 146 valence electrons. The number of hydrogen-bond acceptors (Lipinski definition) is 4. The first-order valence-electron chi connectivity index (χ1n) is 9.17. The second-order valence-corrected chi connectivity index (χ2v) is 6.66. The second kappa shape index (κ2) is 7.67. The van der Waals surface area contributed by atoms with Crippen molar-refractivity contribution in [2.45, 2.75) is 6.92 Å².